The summed E-state index contributed by atoms with van der Waals surface area (Å²) in [5, 5.41) is 32.1. The predicted octanol–water partition coefficient (Wildman–Crippen LogP) is 6.00. The highest BCUT2D eigenvalue weighted by molar-refractivity contribution is 6.12. The molecule has 9 heteroatoms. The van der Waals surface area contributed by atoms with Crippen molar-refractivity contribution in [2.75, 3.05) is 12.5 Å². The normalized spacial score (nSPS) is 13.6. The van der Waals surface area contributed by atoms with Gasteiger partial charge in [-0.3, -0.25) is 0 Å². The number of fused-ring (bicyclic) bond motifs is 1. The molecular weight excluding hydrogens is 453 g/mol. The van der Waals surface area contributed by atoms with Crippen LogP contribution in [0.3, 0.4) is 0 Å². The van der Waals surface area contributed by atoms with Crippen molar-refractivity contribution in [2.45, 2.75) is 27.2 Å². The van der Waals surface area contributed by atoms with Gasteiger partial charge in [0.15, 0.2) is 0 Å². The molecule has 0 aromatic heterocycles. The molecule has 4 N–H and O–H groups in total. The lowest BCUT2D eigenvalue weighted by atomic mass is 9.92. The highest BCUT2D eigenvalue weighted by atomic mass is 19.1. The minimum atomic E-state index is -1.83. The Hall–Kier alpha value is -3.79. The second-order valence-corrected chi connectivity index (χ2v) is 8.03. The number of hydroxylamine groups is 2. The second-order valence-electron chi connectivity index (χ2n) is 8.03. The van der Waals surface area contributed by atoms with E-state index < -0.39 is 10.9 Å². The number of carboxylic acids is 1. The van der Waals surface area contributed by atoms with E-state index in [1.54, 1.807) is 31.2 Å². The number of nitrogens with one attached hydrogen (secondary N) is 1. The summed E-state index contributed by atoms with van der Waals surface area (Å²) in [6.07, 6.45) is 2.13. The van der Waals surface area contributed by atoms with Crippen LogP contribution in [0.2, 0.25) is 0 Å². The van der Waals surface area contributed by atoms with Gasteiger partial charge in [-0.05, 0) is 55.0 Å². The maximum absolute atomic E-state index is 14.4. The van der Waals surface area contributed by atoms with Crippen LogP contribution in [0.15, 0.2) is 71.5 Å². The maximum Gasteiger partial charge on any atom is 0.335 e. The SMILES string of the molecule is C/C=C(\N=C(\c1ccc(F)c2ccccc12)C(C)CC)[N+](O)(O)Nc1ccc(C(=O)O)cc1OC. The summed E-state index contributed by atoms with van der Waals surface area (Å²) in [5.74, 6) is -1.65. The first-order valence-corrected chi connectivity index (χ1v) is 11.1. The highest BCUT2D eigenvalue weighted by Gasteiger charge is 2.33. The molecule has 3 rings (SSSR count). The fraction of sp³-hybridized carbons (Fsp3) is 0.231. The molecule has 8 nitrogen and oxygen atoms in total. The number of rotatable bonds is 9. The summed E-state index contributed by atoms with van der Waals surface area (Å²) in [6.45, 7) is 5.53. The van der Waals surface area contributed by atoms with E-state index in [-0.39, 0.29) is 34.6 Å². The molecule has 0 radical (unpaired) electrons. The van der Waals surface area contributed by atoms with Gasteiger partial charge >= 0.3 is 11.8 Å². The number of carboxylic acid groups (broad SMARTS) is 1. The molecule has 1 unspecified atom stereocenters. The van der Waals surface area contributed by atoms with Crippen LogP contribution in [0.1, 0.15) is 43.1 Å². The van der Waals surface area contributed by atoms with Gasteiger partial charge in [-0.15, -0.1) is 10.4 Å². The van der Waals surface area contributed by atoms with Gasteiger partial charge in [-0.1, -0.05) is 38.1 Å². The molecule has 35 heavy (non-hydrogen) atoms. The van der Waals surface area contributed by atoms with Crippen molar-refractivity contribution in [3.05, 3.63) is 83.4 Å². The van der Waals surface area contributed by atoms with E-state index in [9.17, 15) is 24.7 Å². The zero-order valence-electron chi connectivity index (χ0n) is 20.0. The summed E-state index contributed by atoms with van der Waals surface area (Å²) in [5.41, 5.74) is 3.86. The first-order valence-electron chi connectivity index (χ1n) is 11.1. The first-order chi connectivity index (χ1) is 16.6. The van der Waals surface area contributed by atoms with E-state index in [2.05, 4.69) is 10.4 Å². The molecule has 0 aliphatic heterocycles. The molecule has 0 bridgehead atoms. The number of benzene rings is 3. The van der Waals surface area contributed by atoms with Crippen molar-refractivity contribution < 1.29 is 34.4 Å². The summed E-state index contributed by atoms with van der Waals surface area (Å²) in [6, 6.07) is 14.0. The van der Waals surface area contributed by atoms with Crippen LogP contribution in [0, 0.1) is 11.7 Å². The third-order valence-electron chi connectivity index (χ3n) is 5.76. The maximum atomic E-state index is 14.4. The second kappa shape index (κ2) is 10.6. The zero-order valence-corrected chi connectivity index (χ0v) is 20.0. The summed E-state index contributed by atoms with van der Waals surface area (Å²) >= 11 is 0. The molecule has 0 spiro atoms. The Balaban J connectivity index is 2.09. The number of ether oxygens (including phenoxy) is 1. The quantitative estimate of drug-likeness (QED) is 0.169. The van der Waals surface area contributed by atoms with Gasteiger partial charge in [0.05, 0.1) is 23.3 Å². The molecule has 0 aliphatic carbocycles. The molecule has 184 valence electrons. The summed E-state index contributed by atoms with van der Waals surface area (Å²) < 4.78 is 19.6. The minimum absolute atomic E-state index is 0.0205. The van der Waals surface area contributed by atoms with Crippen LogP contribution in [-0.2, 0) is 0 Å². The van der Waals surface area contributed by atoms with Gasteiger partial charge in [0, 0.05) is 17.0 Å². The van der Waals surface area contributed by atoms with Gasteiger partial charge in [0.2, 0.25) is 0 Å². The first kappa shape index (κ1) is 25.8. The lowest BCUT2D eigenvalue weighted by molar-refractivity contribution is -1.20. The molecule has 0 fully saturated rings. The van der Waals surface area contributed by atoms with Crippen LogP contribution in [0.4, 0.5) is 10.1 Å². The van der Waals surface area contributed by atoms with Crippen LogP contribution in [-0.4, -0.2) is 39.2 Å². The number of aromatic carboxylic acids is 1. The van der Waals surface area contributed by atoms with Crippen LogP contribution in [0.5, 0.6) is 5.75 Å². The number of halogens is 1. The number of nitrogens with zero attached hydrogens (tertiary/aromatic N) is 2. The standard InChI is InChI=1S/C26H28FN3O5/c1-5-16(3)25(20-12-13-21(27)19-10-8-7-9-18(19)20)28-24(6-2)30(33,34)29-22-14-11-17(26(31)32)15-23(22)35-4/h6-16,29,33-34H,5H2,1-4H3/p+1/b24-6+,28-25+. The Morgan fingerprint density at radius 2 is 1.86 bits per heavy atom. The van der Waals surface area contributed by atoms with Crippen LogP contribution in [0.25, 0.3) is 10.8 Å². The van der Waals surface area contributed by atoms with E-state index in [4.69, 9.17) is 4.74 Å². The van der Waals surface area contributed by atoms with Crippen LogP contribution < -0.4 is 10.2 Å². The minimum Gasteiger partial charge on any atom is -0.494 e. The fourth-order valence-electron chi connectivity index (χ4n) is 3.69. The lowest BCUT2D eigenvalue weighted by Gasteiger charge is -2.24. The number of anilines is 1. The number of allylic oxidation sites excluding steroid dienone is 1. The van der Waals surface area contributed by atoms with E-state index in [0.717, 1.165) is 0 Å². The Bertz CT molecular complexity index is 1300. The third kappa shape index (κ3) is 5.48. The van der Waals surface area contributed by atoms with Crippen LogP contribution >= 0.6 is 0 Å². The number of methoxy groups -OCH3 is 1. The van der Waals surface area contributed by atoms with Crippen molar-refractivity contribution in [3.63, 3.8) is 0 Å². The molecule has 3 aromatic carbocycles. The zero-order chi connectivity index (χ0) is 25.8. The summed E-state index contributed by atoms with van der Waals surface area (Å²) in [7, 11) is 1.34. The van der Waals surface area contributed by atoms with Gasteiger partial charge in [0.25, 0.3) is 0 Å². The fourth-order valence-corrected chi connectivity index (χ4v) is 3.69. The Morgan fingerprint density at radius 1 is 1.17 bits per heavy atom. The number of quaternary nitrogens is 1. The van der Waals surface area contributed by atoms with Gasteiger partial charge in [-0.2, -0.15) is 10.4 Å². The Morgan fingerprint density at radius 3 is 2.46 bits per heavy atom. The highest BCUT2D eigenvalue weighted by Crippen LogP contribution is 2.30. The molecule has 0 saturated carbocycles. The monoisotopic (exact) mass is 482 g/mol. The number of hydrogen-bond donors (Lipinski definition) is 4. The van der Waals surface area contributed by atoms with E-state index in [1.807, 2.05) is 19.9 Å². The van der Waals surface area contributed by atoms with E-state index in [0.29, 0.717) is 28.5 Å². The molecule has 0 amide bonds. The molecule has 3 aromatic rings. The lowest BCUT2D eigenvalue weighted by Crippen LogP contribution is -2.45. The van der Waals surface area contributed by atoms with Gasteiger partial charge in [-0.25, -0.2) is 9.18 Å². The average molecular weight is 483 g/mol. The molecular formula is C26H29FN3O5+. The molecule has 0 aliphatic rings. The van der Waals surface area contributed by atoms with Crippen molar-refractivity contribution in [1.82, 2.24) is 0 Å². The number of carbonyl (C=O) groups is 1. The van der Waals surface area contributed by atoms with Gasteiger partial charge in [0.1, 0.15) is 17.3 Å². The average Bonchev–Trinajstić information content (AvgIpc) is 2.85. The van der Waals surface area contributed by atoms with Crippen molar-refractivity contribution in [1.29, 1.82) is 0 Å². The third-order valence-corrected chi connectivity index (χ3v) is 5.76. The van der Waals surface area contributed by atoms with Crippen molar-refractivity contribution in [3.8, 4) is 5.75 Å². The molecule has 0 saturated heterocycles. The topological polar surface area (TPSA) is 111 Å². The smallest absolute Gasteiger partial charge is 0.335 e. The largest absolute Gasteiger partial charge is 0.494 e. The molecule has 1 atom stereocenters. The number of hydrogen-bond acceptors (Lipinski definition) is 6. The van der Waals surface area contributed by atoms with Crippen molar-refractivity contribution in [2.24, 2.45) is 10.9 Å². The van der Waals surface area contributed by atoms with E-state index >= 15 is 0 Å². The van der Waals surface area contributed by atoms with E-state index in [1.165, 1.54) is 37.5 Å². The van der Waals surface area contributed by atoms with Crippen molar-refractivity contribution >= 4 is 28.1 Å². The Labute approximate surface area is 202 Å². The Kier molecular flexibility index (Phi) is 7.85. The predicted molar refractivity (Wildman–Crippen MR) is 131 cm³/mol. The summed E-state index contributed by atoms with van der Waals surface area (Å²) in [4.78, 5) is 14.0. The van der Waals surface area contributed by atoms with Gasteiger partial charge < -0.3 is 9.84 Å². The molecule has 0 heterocycles. The number of aliphatic imine (C=N–C) groups is 1.